The van der Waals surface area contributed by atoms with E-state index in [9.17, 15) is 27.1 Å². The normalized spacial score (nSPS) is 33.7. The van der Waals surface area contributed by atoms with E-state index < -0.39 is 53.0 Å². The molecule has 1 saturated carbocycles. The van der Waals surface area contributed by atoms with Gasteiger partial charge in [-0.3, -0.25) is 0 Å². The van der Waals surface area contributed by atoms with Gasteiger partial charge in [-0.1, -0.05) is 54.4 Å². The first-order valence-electron chi connectivity index (χ1n) is 8.75. The molecule has 3 unspecified atom stereocenters. The molecule has 1 aliphatic carbocycles. The van der Waals surface area contributed by atoms with Crippen LogP contribution in [0.15, 0.2) is 0 Å². The van der Waals surface area contributed by atoms with Crippen LogP contribution in [-0.4, -0.2) is 28.5 Å². The Labute approximate surface area is 146 Å². The van der Waals surface area contributed by atoms with Crippen molar-refractivity contribution in [1.29, 1.82) is 0 Å². The minimum Gasteiger partial charge on any atom is -0.376 e. The number of hydrogen-bond acceptors (Lipinski definition) is 1. The molecule has 0 aliphatic heterocycles. The van der Waals surface area contributed by atoms with Crippen LogP contribution in [-0.2, 0) is 0 Å². The lowest BCUT2D eigenvalue weighted by Gasteiger charge is -2.42. The number of aliphatic hydroxyl groups is 1. The first-order chi connectivity index (χ1) is 10.9. The van der Waals surface area contributed by atoms with Crippen LogP contribution in [0.3, 0.4) is 0 Å². The van der Waals surface area contributed by atoms with Gasteiger partial charge < -0.3 is 5.11 Å². The smallest absolute Gasteiger partial charge is 0.376 e. The van der Waals surface area contributed by atoms with E-state index in [1.54, 1.807) is 41.5 Å². The molecule has 3 atom stereocenters. The maximum absolute atomic E-state index is 15.7. The molecule has 0 radical (unpaired) electrons. The number of alkyl halides is 6. The molecule has 1 fully saturated rings. The number of hydrogen-bond donors (Lipinski definition) is 1. The van der Waals surface area contributed by atoms with Gasteiger partial charge in [0.05, 0.1) is 0 Å². The van der Waals surface area contributed by atoms with Crippen molar-refractivity contribution in [2.45, 2.75) is 97.0 Å². The second kappa shape index (κ2) is 6.31. The molecule has 25 heavy (non-hydrogen) atoms. The molecule has 1 N–H and O–H groups in total. The molecule has 1 nitrogen and oxygen atoms in total. The van der Waals surface area contributed by atoms with E-state index in [1.807, 2.05) is 0 Å². The van der Waals surface area contributed by atoms with Crippen LogP contribution < -0.4 is 0 Å². The Hall–Kier alpha value is -0.460. The van der Waals surface area contributed by atoms with E-state index in [0.29, 0.717) is 12.8 Å². The van der Waals surface area contributed by atoms with Gasteiger partial charge in [-0.05, 0) is 30.1 Å². The molecule has 1 rings (SSSR count). The summed E-state index contributed by atoms with van der Waals surface area (Å²) in [5, 5.41) is 9.89. The van der Waals surface area contributed by atoms with Crippen LogP contribution in [0.2, 0.25) is 0 Å². The molecule has 0 aromatic heterocycles. The molecule has 0 aromatic rings. The fourth-order valence-corrected chi connectivity index (χ4v) is 3.66. The van der Waals surface area contributed by atoms with Gasteiger partial charge in [0.15, 0.2) is 5.67 Å². The van der Waals surface area contributed by atoms with Gasteiger partial charge in [-0.2, -0.15) is 22.0 Å². The Balaban J connectivity index is 3.48. The first-order valence-corrected chi connectivity index (χ1v) is 8.75. The summed E-state index contributed by atoms with van der Waals surface area (Å²) in [6.07, 6.45) is -6.95. The zero-order valence-corrected chi connectivity index (χ0v) is 15.8. The maximum Gasteiger partial charge on any atom is 0.423 e. The average molecular weight is 376 g/mol. The van der Waals surface area contributed by atoms with Gasteiger partial charge in [0.25, 0.3) is 0 Å². The third kappa shape index (κ3) is 3.67. The first kappa shape index (κ1) is 22.6. The summed E-state index contributed by atoms with van der Waals surface area (Å²) in [7, 11) is 0. The van der Waals surface area contributed by atoms with Crippen LogP contribution in [0.4, 0.5) is 26.3 Å². The van der Waals surface area contributed by atoms with Crippen molar-refractivity contribution in [1.82, 2.24) is 0 Å². The molecule has 7 heteroatoms. The van der Waals surface area contributed by atoms with Crippen molar-refractivity contribution in [2.75, 3.05) is 0 Å². The molecule has 0 saturated heterocycles. The van der Waals surface area contributed by atoms with Gasteiger partial charge in [-0.25, -0.2) is 4.39 Å². The predicted molar refractivity (Wildman–Crippen MR) is 85.3 cm³/mol. The SMILES string of the molecule is CCC(C)(C)CC1CC(O)(C(F)(F)F)C(F)(F)C1(F)CC(C)(C)CC. The largest absolute Gasteiger partial charge is 0.423 e. The number of rotatable bonds is 6. The topological polar surface area (TPSA) is 20.2 Å². The summed E-state index contributed by atoms with van der Waals surface area (Å²) in [5.41, 5.74) is -9.27. The van der Waals surface area contributed by atoms with E-state index in [-0.39, 0.29) is 6.42 Å². The summed E-state index contributed by atoms with van der Waals surface area (Å²) in [6.45, 7) is 9.98. The Morgan fingerprint density at radius 1 is 0.920 bits per heavy atom. The highest BCUT2D eigenvalue weighted by atomic mass is 19.4. The standard InChI is InChI=1S/C18H30F6O/c1-7-13(3,4)9-12-10-16(25,18(22,23)24)17(20,21)15(12,19)11-14(5,6)8-2/h12,25H,7-11H2,1-6H3. The van der Waals surface area contributed by atoms with E-state index in [0.717, 1.165) is 0 Å². The molecular formula is C18H30F6O. The van der Waals surface area contributed by atoms with Crippen LogP contribution >= 0.6 is 0 Å². The molecule has 1 aliphatic rings. The van der Waals surface area contributed by atoms with E-state index in [4.69, 9.17) is 0 Å². The monoisotopic (exact) mass is 376 g/mol. The third-order valence-electron chi connectivity index (χ3n) is 6.15. The van der Waals surface area contributed by atoms with Crippen molar-refractivity contribution < 1.29 is 31.4 Å². The van der Waals surface area contributed by atoms with E-state index in [1.165, 1.54) is 0 Å². The third-order valence-corrected chi connectivity index (χ3v) is 6.15. The maximum atomic E-state index is 15.7. The molecule has 0 spiro atoms. The van der Waals surface area contributed by atoms with E-state index >= 15 is 4.39 Å². The average Bonchev–Trinajstić information content (AvgIpc) is 2.57. The summed E-state index contributed by atoms with van der Waals surface area (Å²) < 4.78 is 85.2. The van der Waals surface area contributed by atoms with Crippen LogP contribution in [0, 0.1) is 16.7 Å². The summed E-state index contributed by atoms with van der Waals surface area (Å²) in [5.74, 6) is -6.48. The highest BCUT2D eigenvalue weighted by Gasteiger charge is 2.83. The van der Waals surface area contributed by atoms with Gasteiger partial charge in [0, 0.05) is 5.92 Å². The molecule has 0 bridgehead atoms. The van der Waals surface area contributed by atoms with E-state index in [2.05, 4.69) is 0 Å². The fourth-order valence-electron chi connectivity index (χ4n) is 3.66. The van der Waals surface area contributed by atoms with Gasteiger partial charge in [0.1, 0.15) is 0 Å². The lowest BCUT2D eigenvalue weighted by molar-refractivity contribution is -0.339. The highest BCUT2D eigenvalue weighted by molar-refractivity contribution is 5.20. The minimum atomic E-state index is -5.60. The van der Waals surface area contributed by atoms with Crippen molar-refractivity contribution in [2.24, 2.45) is 16.7 Å². The highest BCUT2D eigenvalue weighted by Crippen LogP contribution is 2.65. The number of halogens is 6. The molecule has 0 heterocycles. The summed E-state index contributed by atoms with van der Waals surface area (Å²) in [4.78, 5) is 0. The molecule has 0 aromatic carbocycles. The second-order valence-corrected chi connectivity index (χ2v) is 9.11. The lowest BCUT2D eigenvalue weighted by atomic mass is 9.69. The molecule has 0 amide bonds. The zero-order chi connectivity index (χ0) is 20.1. The van der Waals surface area contributed by atoms with Crippen molar-refractivity contribution in [3.05, 3.63) is 0 Å². The van der Waals surface area contributed by atoms with Crippen molar-refractivity contribution in [3.8, 4) is 0 Å². The summed E-state index contributed by atoms with van der Waals surface area (Å²) in [6, 6.07) is 0. The minimum absolute atomic E-state index is 0.145. The lowest BCUT2D eigenvalue weighted by Crippen LogP contribution is -2.62. The predicted octanol–water partition coefficient (Wildman–Crippen LogP) is 6.30. The van der Waals surface area contributed by atoms with Gasteiger partial charge in [-0.15, -0.1) is 0 Å². The van der Waals surface area contributed by atoms with Crippen LogP contribution in [0.5, 0.6) is 0 Å². The Kier molecular flexibility index (Phi) is 5.70. The van der Waals surface area contributed by atoms with Crippen molar-refractivity contribution >= 4 is 0 Å². The fraction of sp³-hybridized carbons (Fsp3) is 1.00. The second-order valence-electron chi connectivity index (χ2n) is 9.11. The van der Waals surface area contributed by atoms with Gasteiger partial charge >= 0.3 is 12.1 Å². The molecule has 150 valence electrons. The van der Waals surface area contributed by atoms with Crippen molar-refractivity contribution in [3.63, 3.8) is 0 Å². The zero-order valence-electron chi connectivity index (χ0n) is 15.8. The Morgan fingerprint density at radius 2 is 1.36 bits per heavy atom. The quantitative estimate of drug-likeness (QED) is 0.540. The Morgan fingerprint density at radius 3 is 1.72 bits per heavy atom. The summed E-state index contributed by atoms with van der Waals surface area (Å²) >= 11 is 0. The molecular weight excluding hydrogens is 346 g/mol. The van der Waals surface area contributed by atoms with Crippen LogP contribution in [0.1, 0.15) is 73.6 Å². The van der Waals surface area contributed by atoms with Gasteiger partial charge in [0.2, 0.25) is 5.60 Å². The Bertz CT molecular complexity index is 484. The van der Waals surface area contributed by atoms with Crippen LogP contribution in [0.25, 0.3) is 0 Å².